The molecule has 0 amide bonds. The van der Waals surface area contributed by atoms with Gasteiger partial charge in [-0.1, -0.05) is 13.0 Å². The summed E-state index contributed by atoms with van der Waals surface area (Å²) in [6.07, 6.45) is 2.72. The monoisotopic (exact) mass is 189 g/mol. The average Bonchev–Trinajstić information content (AvgIpc) is 2.68. The van der Waals surface area contributed by atoms with Gasteiger partial charge < -0.3 is 0 Å². The van der Waals surface area contributed by atoms with E-state index in [1.165, 1.54) is 0 Å². The van der Waals surface area contributed by atoms with Gasteiger partial charge >= 0.3 is 0 Å². The molecule has 0 saturated heterocycles. The van der Waals surface area contributed by atoms with Crippen LogP contribution in [0.4, 0.5) is 0 Å². The molecule has 2 aromatic heterocycles. The van der Waals surface area contributed by atoms with E-state index in [4.69, 9.17) is 0 Å². The third-order valence-electron chi connectivity index (χ3n) is 1.77. The number of nitrogens with zero attached hydrogens (tertiary/aromatic N) is 5. The van der Waals surface area contributed by atoms with Crippen molar-refractivity contribution in [3.8, 4) is 11.5 Å². The molecule has 14 heavy (non-hydrogen) atoms. The fourth-order valence-electron chi connectivity index (χ4n) is 1.14. The van der Waals surface area contributed by atoms with Crippen LogP contribution in [0.25, 0.3) is 11.5 Å². The summed E-state index contributed by atoms with van der Waals surface area (Å²) in [4.78, 5) is 5.73. The van der Waals surface area contributed by atoms with E-state index >= 15 is 0 Å². The molecule has 0 fully saturated rings. The maximum absolute atomic E-state index is 4.20. The van der Waals surface area contributed by atoms with Crippen LogP contribution >= 0.6 is 0 Å². The molecule has 0 bridgehead atoms. The Bertz CT molecular complexity index is 395. The molecule has 0 spiro atoms. The summed E-state index contributed by atoms with van der Waals surface area (Å²) in [6, 6.07) is 5.64. The van der Waals surface area contributed by atoms with Gasteiger partial charge in [0.1, 0.15) is 5.69 Å². The first kappa shape index (κ1) is 8.80. The van der Waals surface area contributed by atoms with Crippen molar-refractivity contribution in [1.82, 2.24) is 25.2 Å². The van der Waals surface area contributed by atoms with Crippen LogP contribution in [-0.2, 0) is 6.54 Å². The van der Waals surface area contributed by atoms with Crippen LogP contribution < -0.4 is 0 Å². The van der Waals surface area contributed by atoms with Crippen molar-refractivity contribution in [1.29, 1.82) is 0 Å². The molecule has 0 atom stereocenters. The Balaban J connectivity index is 2.25. The van der Waals surface area contributed by atoms with Crippen molar-refractivity contribution in [2.24, 2.45) is 0 Å². The molecule has 2 rings (SSSR count). The maximum Gasteiger partial charge on any atom is 0.223 e. The molecule has 0 aliphatic heterocycles. The number of hydrogen-bond donors (Lipinski definition) is 0. The molecular formula is C9H11N5. The van der Waals surface area contributed by atoms with Gasteiger partial charge in [-0.2, -0.15) is 4.80 Å². The highest BCUT2D eigenvalue weighted by Crippen LogP contribution is 2.07. The Morgan fingerprint density at radius 3 is 3.00 bits per heavy atom. The smallest absolute Gasteiger partial charge is 0.223 e. The topological polar surface area (TPSA) is 56.5 Å². The van der Waals surface area contributed by atoms with Crippen molar-refractivity contribution in [3.63, 3.8) is 0 Å². The Morgan fingerprint density at radius 2 is 2.29 bits per heavy atom. The van der Waals surface area contributed by atoms with E-state index in [0.717, 1.165) is 18.7 Å². The Kier molecular flexibility index (Phi) is 2.48. The minimum absolute atomic E-state index is 0.582. The number of aryl methyl sites for hydroxylation is 1. The molecule has 0 aliphatic rings. The lowest BCUT2D eigenvalue weighted by Crippen LogP contribution is -2.01. The van der Waals surface area contributed by atoms with Crippen LogP contribution in [0, 0.1) is 0 Å². The summed E-state index contributed by atoms with van der Waals surface area (Å²) in [5.74, 6) is 0.582. The van der Waals surface area contributed by atoms with Crippen LogP contribution in [0.15, 0.2) is 24.4 Å². The standard InChI is InChI=1S/C9H11N5/c1-2-7-14-12-9(11-13-14)8-5-3-4-6-10-8/h3-6H,2,7H2,1H3. The largest absolute Gasteiger partial charge is 0.253 e. The summed E-state index contributed by atoms with van der Waals surface area (Å²) >= 11 is 0. The quantitative estimate of drug-likeness (QED) is 0.726. The molecule has 72 valence electrons. The fourth-order valence-corrected chi connectivity index (χ4v) is 1.14. The first-order chi connectivity index (χ1) is 6.90. The predicted octanol–water partition coefficient (Wildman–Crippen LogP) is 1.15. The zero-order valence-corrected chi connectivity index (χ0v) is 7.96. The Morgan fingerprint density at radius 1 is 1.36 bits per heavy atom. The van der Waals surface area contributed by atoms with Gasteiger partial charge in [0, 0.05) is 6.20 Å². The van der Waals surface area contributed by atoms with E-state index in [1.807, 2.05) is 18.2 Å². The van der Waals surface area contributed by atoms with Gasteiger partial charge in [0.25, 0.3) is 0 Å². The molecule has 2 heterocycles. The molecule has 0 N–H and O–H groups in total. The molecule has 5 heteroatoms. The van der Waals surface area contributed by atoms with Crippen LogP contribution in [0.2, 0.25) is 0 Å². The molecule has 0 radical (unpaired) electrons. The van der Waals surface area contributed by atoms with Crippen LogP contribution in [0.1, 0.15) is 13.3 Å². The number of pyridine rings is 1. The molecule has 5 nitrogen and oxygen atoms in total. The number of hydrogen-bond acceptors (Lipinski definition) is 4. The third-order valence-corrected chi connectivity index (χ3v) is 1.77. The van der Waals surface area contributed by atoms with Gasteiger partial charge in [-0.25, -0.2) is 0 Å². The van der Waals surface area contributed by atoms with Crippen molar-refractivity contribution in [2.75, 3.05) is 0 Å². The minimum Gasteiger partial charge on any atom is -0.253 e. The maximum atomic E-state index is 4.20. The molecule has 0 aromatic carbocycles. The molecule has 0 unspecified atom stereocenters. The van der Waals surface area contributed by atoms with E-state index < -0.39 is 0 Å². The first-order valence-corrected chi connectivity index (χ1v) is 4.59. The lowest BCUT2D eigenvalue weighted by atomic mass is 10.3. The van der Waals surface area contributed by atoms with Gasteiger partial charge in [-0.05, 0) is 23.8 Å². The van der Waals surface area contributed by atoms with E-state index in [0.29, 0.717) is 5.82 Å². The van der Waals surface area contributed by atoms with Gasteiger partial charge in [0.05, 0.1) is 6.54 Å². The van der Waals surface area contributed by atoms with E-state index in [1.54, 1.807) is 11.0 Å². The minimum atomic E-state index is 0.582. The van der Waals surface area contributed by atoms with Crippen LogP contribution in [-0.4, -0.2) is 25.2 Å². The highest BCUT2D eigenvalue weighted by molar-refractivity contribution is 5.46. The third kappa shape index (κ3) is 1.76. The van der Waals surface area contributed by atoms with Crippen LogP contribution in [0.3, 0.4) is 0 Å². The summed E-state index contributed by atoms with van der Waals surface area (Å²) in [6.45, 7) is 2.86. The molecule has 0 saturated carbocycles. The summed E-state index contributed by atoms with van der Waals surface area (Å²) < 4.78 is 0. The van der Waals surface area contributed by atoms with Crippen LogP contribution in [0.5, 0.6) is 0 Å². The van der Waals surface area contributed by atoms with Crippen molar-refractivity contribution in [2.45, 2.75) is 19.9 Å². The first-order valence-electron chi connectivity index (χ1n) is 4.59. The number of tetrazole rings is 1. The average molecular weight is 189 g/mol. The van der Waals surface area contributed by atoms with E-state index in [-0.39, 0.29) is 0 Å². The molecule has 0 aliphatic carbocycles. The normalized spacial score (nSPS) is 10.4. The summed E-state index contributed by atoms with van der Waals surface area (Å²) in [5, 5.41) is 12.0. The van der Waals surface area contributed by atoms with Gasteiger partial charge in [0.15, 0.2) is 0 Å². The van der Waals surface area contributed by atoms with Gasteiger partial charge in [-0.15, -0.1) is 10.2 Å². The number of aromatic nitrogens is 5. The summed E-state index contributed by atoms with van der Waals surface area (Å²) in [5.41, 5.74) is 0.759. The lowest BCUT2D eigenvalue weighted by Gasteiger charge is -1.92. The Labute approximate surface area is 81.8 Å². The summed E-state index contributed by atoms with van der Waals surface area (Å²) in [7, 11) is 0. The Hall–Kier alpha value is -1.78. The zero-order chi connectivity index (χ0) is 9.80. The SMILES string of the molecule is CCCn1nnc(-c2ccccn2)n1. The second-order valence-electron chi connectivity index (χ2n) is 2.92. The fraction of sp³-hybridized carbons (Fsp3) is 0.333. The second-order valence-corrected chi connectivity index (χ2v) is 2.92. The van der Waals surface area contributed by atoms with E-state index in [9.17, 15) is 0 Å². The van der Waals surface area contributed by atoms with Gasteiger partial charge in [-0.3, -0.25) is 4.98 Å². The predicted molar refractivity (Wildman–Crippen MR) is 51.3 cm³/mol. The zero-order valence-electron chi connectivity index (χ0n) is 7.96. The highest BCUT2D eigenvalue weighted by Gasteiger charge is 2.04. The van der Waals surface area contributed by atoms with E-state index in [2.05, 4.69) is 27.3 Å². The molecular weight excluding hydrogens is 178 g/mol. The van der Waals surface area contributed by atoms with Crippen molar-refractivity contribution >= 4 is 0 Å². The molecule has 2 aromatic rings. The van der Waals surface area contributed by atoms with Gasteiger partial charge in [0.2, 0.25) is 5.82 Å². The second kappa shape index (κ2) is 3.95. The lowest BCUT2D eigenvalue weighted by molar-refractivity contribution is 0.515. The van der Waals surface area contributed by atoms with Crippen molar-refractivity contribution in [3.05, 3.63) is 24.4 Å². The highest BCUT2D eigenvalue weighted by atomic mass is 15.6. The van der Waals surface area contributed by atoms with Crippen molar-refractivity contribution < 1.29 is 0 Å². The number of rotatable bonds is 3.